The van der Waals surface area contributed by atoms with Crippen molar-refractivity contribution in [3.63, 3.8) is 0 Å². The second-order valence-corrected chi connectivity index (χ2v) is 6.57. The summed E-state index contributed by atoms with van der Waals surface area (Å²) in [7, 11) is 2.04. The van der Waals surface area contributed by atoms with Crippen LogP contribution in [0.3, 0.4) is 0 Å². The molecule has 0 radical (unpaired) electrons. The van der Waals surface area contributed by atoms with Crippen LogP contribution in [-0.2, 0) is 4.79 Å². The van der Waals surface area contributed by atoms with Crippen molar-refractivity contribution in [1.82, 2.24) is 15.5 Å². The van der Waals surface area contributed by atoms with Gasteiger partial charge in [0.15, 0.2) is 0 Å². The molecule has 24 heavy (non-hydrogen) atoms. The van der Waals surface area contributed by atoms with E-state index in [1.54, 1.807) is 0 Å². The van der Waals surface area contributed by atoms with Crippen LogP contribution < -0.4 is 15.4 Å². The summed E-state index contributed by atoms with van der Waals surface area (Å²) in [6, 6.07) is 8.37. The Hall–Kier alpha value is -1.59. The molecule has 1 fully saturated rings. The fraction of sp³-hybridized carbons (Fsp3) is 0.632. The van der Waals surface area contributed by atoms with E-state index in [-0.39, 0.29) is 11.9 Å². The lowest BCUT2D eigenvalue weighted by molar-refractivity contribution is -0.123. The number of ether oxygens (including phenoxy) is 1. The maximum Gasteiger partial charge on any atom is 0.234 e. The van der Waals surface area contributed by atoms with Gasteiger partial charge in [0.1, 0.15) is 5.75 Å². The van der Waals surface area contributed by atoms with Crippen LogP contribution >= 0.6 is 0 Å². The first-order valence-electron chi connectivity index (χ1n) is 9.03. The van der Waals surface area contributed by atoms with Crippen LogP contribution in [0.5, 0.6) is 5.75 Å². The van der Waals surface area contributed by atoms with Crippen LogP contribution in [0.25, 0.3) is 0 Å². The summed E-state index contributed by atoms with van der Waals surface area (Å²) in [4.78, 5) is 14.6. The van der Waals surface area contributed by atoms with Gasteiger partial charge >= 0.3 is 0 Å². The van der Waals surface area contributed by atoms with Gasteiger partial charge in [-0.1, -0.05) is 25.1 Å². The number of nitrogens with one attached hydrogen (secondary N) is 2. The van der Waals surface area contributed by atoms with Gasteiger partial charge < -0.3 is 15.4 Å². The molecule has 1 amide bonds. The van der Waals surface area contributed by atoms with Crippen molar-refractivity contribution < 1.29 is 9.53 Å². The van der Waals surface area contributed by atoms with Crippen LogP contribution in [0.1, 0.15) is 44.7 Å². The average molecular weight is 333 g/mol. The summed E-state index contributed by atoms with van der Waals surface area (Å²) >= 11 is 0. The van der Waals surface area contributed by atoms with Gasteiger partial charge in [0, 0.05) is 11.6 Å². The van der Waals surface area contributed by atoms with E-state index >= 15 is 0 Å². The van der Waals surface area contributed by atoms with Crippen LogP contribution in [0.2, 0.25) is 0 Å². The first-order valence-corrected chi connectivity index (χ1v) is 9.03. The highest BCUT2D eigenvalue weighted by Gasteiger charge is 2.21. The largest absolute Gasteiger partial charge is 0.493 e. The highest BCUT2D eigenvalue weighted by Crippen LogP contribution is 2.25. The number of likely N-dealkylation sites (N-methyl/N-ethyl adjacent to an activating group) is 1. The zero-order chi connectivity index (χ0) is 17.4. The molecule has 5 nitrogen and oxygen atoms in total. The Balaban J connectivity index is 1.89. The van der Waals surface area contributed by atoms with Crippen LogP contribution in [0.15, 0.2) is 24.3 Å². The van der Waals surface area contributed by atoms with Gasteiger partial charge in [0.2, 0.25) is 5.91 Å². The molecule has 0 saturated carbocycles. The Bertz CT molecular complexity index is 515. The Morgan fingerprint density at radius 3 is 2.79 bits per heavy atom. The number of hydrogen-bond donors (Lipinski definition) is 2. The van der Waals surface area contributed by atoms with Gasteiger partial charge in [-0.25, -0.2) is 0 Å². The Morgan fingerprint density at radius 1 is 1.38 bits per heavy atom. The van der Waals surface area contributed by atoms with E-state index in [0.717, 1.165) is 43.7 Å². The highest BCUT2D eigenvalue weighted by molar-refractivity contribution is 5.78. The van der Waals surface area contributed by atoms with Crippen LogP contribution in [0.4, 0.5) is 0 Å². The van der Waals surface area contributed by atoms with Crippen molar-refractivity contribution >= 4 is 5.91 Å². The second-order valence-electron chi connectivity index (χ2n) is 6.57. The molecule has 0 bridgehead atoms. The molecule has 0 spiro atoms. The van der Waals surface area contributed by atoms with Gasteiger partial charge in [0.25, 0.3) is 0 Å². The van der Waals surface area contributed by atoms with Crippen LogP contribution in [-0.4, -0.2) is 50.1 Å². The maximum atomic E-state index is 12.4. The quantitative estimate of drug-likeness (QED) is 0.767. The Kier molecular flexibility index (Phi) is 7.53. The molecule has 134 valence electrons. The van der Waals surface area contributed by atoms with Gasteiger partial charge in [0.05, 0.1) is 19.2 Å². The molecular formula is C19H31N3O2. The number of benzene rings is 1. The second kappa shape index (κ2) is 9.64. The van der Waals surface area contributed by atoms with E-state index < -0.39 is 0 Å². The third-order valence-electron chi connectivity index (χ3n) is 4.55. The van der Waals surface area contributed by atoms with Crippen molar-refractivity contribution in [2.45, 2.75) is 45.2 Å². The first kappa shape index (κ1) is 18.7. The minimum absolute atomic E-state index is 0.0630. The van der Waals surface area contributed by atoms with Gasteiger partial charge in [-0.05, 0) is 52.4 Å². The molecule has 2 N–H and O–H groups in total. The smallest absolute Gasteiger partial charge is 0.234 e. The molecule has 2 rings (SSSR count). The summed E-state index contributed by atoms with van der Waals surface area (Å²) in [5.41, 5.74) is 1.03. The maximum absolute atomic E-state index is 12.4. The number of hydrogen-bond acceptors (Lipinski definition) is 4. The monoisotopic (exact) mass is 333 g/mol. The summed E-state index contributed by atoms with van der Waals surface area (Å²) < 4.78 is 5.80. The number of nitrogens with zero attached hydrogens (tertiary/aromatic N) is 1. The molecule has 5 heteroatoms. The Morgan fingerprint density at radius 2 is 2.08 bits per heavy atom. The third kappa shape index (κ3) is 5.49. The molecule has 1 aromatic carbocycles. The topological polar surface area (TPSA) is 53.6 Å². The number of rotatable bonds is 8. The standard InChI is InChI=1S/C19H31N3O2/c1-4-13-24-18-8-6-5-7-17(18)15(2)21-19(23)14-22(3)16-9-11-20-12-10-16/h5-8,15-16,20H,4,9-14H2,1-3H3,(H,21,23)/t15-/m0/s1. The van der Waals surface area contributed by atoms with E-state index in [1.807, 2.05) is 38.2 Å². The molecule has 1 atom stereocenters. The minimum atomic E-state index is -0.0630. The molecule has 1 heterocycles. The predicted octanol–water partition coefficient (Wildman–Crippen LogP) is 2.34. The van der Waals surface area contributed by atoms with E-state index in [1.165, 1.54) is 0 Å². The fourth-order valence-corrected chi connectivity index (χ4v) is 3.15. The van der Waals surface area contributed by atoms with E-state index in [9.17, 15) is 4.79 Å². The van der Waals surface area contributed by atoms with Crippen molar-refractivity contribution in [3.05, 3.63) is 29.8 Å². The minimum Gasteiger partial charge on any atom is -0.493 e. The third-order valence-corrected chi connectivity index (χ3v) is 4.55. The molecule has 0 unspecified atom stereocenters. The molecule has 1 aliphatic heterocycles. The number of amides is 1. The molecule has 1 saturated heterocycles. The Labute approximate surface area is 145 Å². The average Bonchev–Trinajstić information content (AvgIpc) is 2.60. The molecule has 0 aromatic heterocycles. The first-order chi connectivity index (χ1) is 11.6. The van der Waals surface area contributed by atoms with Gasteiger partial charge in [-0.2, -0.15) is 0 Å². The molecule has 1 aromatic rings. The van der Waals surface area contributed by atoms with Crippen LogP contribution in [0, 0.1) is 0 Å². The van der Waals surface area contributed by atoms with Crippen molar-refractivity contribution in [2.24, 2.45) is 0 Å². The number of piperidine rings is 1. The highest BCUT2D eigenvalue weighted by atomic mass is 16.5. The summed E-state index contributed by atoms with van der Waals surface area (Å²) in [6.07, 6.45) is 3.18. The lowest BCUT2D eigenvalue weighted by Gasteiger charge is -2.31. The SMILES string of the molecule is CCCOc1ccccc1[C@H](C)NC(=O)CN(C)C1CCNCC1. The summed E-state index contributed by atoms with van der Waals surface area (Å²) in [5, 5.41) is 6.47. The van der Waals surface area contributed by atoms with Crippen molar-refractivity contribution in [1.29, 1.82) is 0 Å². The zero-order valence-corrected chi connectivity index (χ0v) is 15.2. The zero-order valence-electron chi connectivity index (χ0n) is 15.2. The normalized spacial score (nSPS) is 16.8. The van der Waals surface area contributed by atoms with Crippen molar-refractivity contribution in [3.8, 4) is 5.75 Å². The van der Waals surface area contributed by atoms with Gasteiger partial charge in [-0.15, -0.1) is 0 Å². The predicted molar refractivity (Wildman–Crippen MR) is 97.3 cm³/mol. The fourth-order valence-electron chi connectivity index (χ4n) is 3.15. The summed E-state index contributed by atoms with van der Waals surface area (Å²) in [5.74, 6) is 0.924. The molecule has 0 aliphatic carbocycles. The van der Waals surface area contributed by atoms with E-state index in [2.05, 4.69) is 22.5 Å². The molecule has 1 aliphatic rings. The van der Waals surface area contributed by atoms with Crippen molar-refractivity contribution in [2.75, 3.05) is 33.3 Å². The summed E-state index contributed by atoms with van der Waals surface area (Å²) in [6.45, 7) is 7.30. The number of carbonyl (C=O) groups is 1. The lowest BCUT2D eigenvalue weighted by Crippen LogP contribution is -2.45. The lowest BCUT2D eigenvalue weighted by atomic mass is 10.1. The number of carbonyl (C=O) groups excluding carboxylic acids is 1. The van der Waals surface area contributed by atoms with E-state index in [0.29, 0.717) is 19.2 Å². The number of para-hydroxylation sites is 1. The van der Waals surface area contributed by atoms with Gasteiger partial charge in [-0.3, -0.25) is 9.69 Å². The molecular weight excluding hydrogens is 302 g/mol. The van der Waals surface area contributed by atoms with E-state index in [4.69, 9.17) is 4.74 Å².